The third-order valence-corrected chi connectivity index (χ3v) is 1.79. The van der Waals surface area contributed by atoms with Gasteiger partial charge in [-0.1, -0.05) is 0 Å². The summed E-state index contributed by atoms with van der Waals surface area (Å²) in [4.78, 5) is 3.75. The van der Waals surface area contributed by atoms with Crippen molar-refractivity contribution in [1.82, 2.24) is 4.98 Å². The van der Waals surface area contributed by atoms with Gasteiger partial charge in [0.1, 0.15) is 5.01 Å². The highest BCUT2D eigenvalue weighted by atomic mass is 32.1. The topological polar surface area (TPSA) is 38.9 Å². The first-order valence-electron chi connectivity index (χ1n) is 2.58. The molecule has 1 atom stereocenters. The summed E-state index contributed by atoms with van der Waals surface area (Å²) in [5, 5.41) is 2.20. The number of hydrogen-bond acceptors (Lipinski definition) is 3. The van der Waals surface area contributed by atoms with Crippen LogP contribution in [0.5, 0.6) is 0 Å². The van der Waals surface area contributed by atoms with Crippen molar-refractivity contribution in [3.8, 4) is 0 Å². The third-order valence-electron chi connectivity index (χ3n) is 0.926. The van der Waals surface area contributed by atoms with Crippen molar-refractivity contribution in [2.75, 3.05) is 6.54 Å². The Balaban J connectivity index is 2.65. The Kier molecular flexibility index (Phi) is 2.13. The van der Waals surface area contributed by atoms with Crippen molar-refractivity contribution in [2.45, 2.75) is 6.17 Å². The molecule has 4 heteroatoms. The second-order valence-electron chi connectivity index (χ2n) is 1.57. The molecule has 2 nitrogen and oxygen atoms in total. The molecule has 0 spiro atoms. The van der Waals surface area contributed by atoms with E-state index in [-0.39, 0.29) is 6.54 Å². The molecule has 0 bridgehead atoms. The van der Waals surface area contributed by atoms with E-state index in [1.807, 2.05) is 0 Å². The maximum Gasteiger partial charge on any atom is 0.164 e. The maximum absolute atomic E-state index is 12.5. The summed E-state index contributed by atoms with van der Waals surface area (Å²) in [6, 6.07) is 0. The monoisotopic (exact) mass is 146 g/mol. The predicted octanol–water partition coefficient (Wildman–Crippen LogP) is 1.11. The van der Waals surface area contributed by atoms with Crippen LogP contribution in [0.4, 0.5) is 4.39 Å². The van der Waals surface area contributed by atoms with E-state index < -0.39 is 6.17 Å². The molecule has 0 amide bonds. The van der Waals surface area contributed by atoms with Crippen LogP contribution in [-0.4, -0.2) is 11.5 Å². The number of halogens is 1. The van der Waals surface area contributed by atoms with Crippen LogP contribution >= 0.6 is 11.3 Å². The third kappa shape index (κ3) is 1.46. The predicted molar refractivity (Wildman–Crippen MR) is 35.0 cm³/mol. The van der Waals surface area contributed by atoms with Gasteiger partial charge in [0.2, 0.25) is 0 Å². The van der Waals surface area contributed by atoms with Gasteiger partial charge in [-0.2, -0.15) is 0 Å². The molecule has 0 radical (unpaired) electrons. The standard InChI is InChI=1S/C5H7FN2S/c6-4(3-7)5-8-1-2-9-5/h1-2,4H,3,7H2. The van der Waals surface area contributed by atoms with Gasteiger partial charge >= 0.3 is 0 Å². The quantitative estimate of drug-likeness (QED) is 0.678. The van der Waals surface area contributed by atoms with Gasteiger partial charge in [0.15, 0.2) is 6.17 Å². The summed E-state index contributed by atoms with van der Waals surface area (Å²) >= 11 is 1.29. The highest BCUT2D eigenvalue weighted by molar-refractivity contribution is 7.09. The number of aromatic nitrogens is 1. The minimum absolute atomic E-state index is 0.0213. The normalized spacial score (nSPS) is 13.6. The van der Waals surface area contributed by atoms with E-state index in [0.717, 1.165) is 0 Å². The van der Waals surface area contributed by atoms with Gasteiger partial charge in [-0.25, -0.2) is 9.37 Å². The summed E-state index contributed by atoms with van der Waals surface area (Å²) in [7, 11) is 0. The molecule has 0 fully saturated rings. The van der Waals surface area contributed by atoms with E-state index in [2.05, 4.69) is 4.98 Å². The van der Waals surface area contributed by atoms with Crippen LogP contribution in [0.3, 0.4) is 0 Å². The van der Waals surface area contributed by atoms with Crippen molar-refractivity contribution in [2.24, 2.45) is 5.73 Å². The summed E-state index contributed by atoms with van der Waals surface area (Å²) in [5.41, 5.74) is 5.05. The Morgan fingerprint density at radius 1 is 1.89 bits per heavy atom. The highest BCUT2D eigenvalue weighted by Crippen LogP contribution is 2.17. The lowest BCUT2D eigenvalue weighted by Gasteiger charge is -1.96. The van der Waals surface area contributed by atoms with Gasteiger partial charge in [0, 0.05) is 18.1 Å². The molecule has 0 saturated heterocycles. The fourth-order valence-electron chi connectivity index (χ4n) is 0.490. The van der Waals surface area contributed by atoms with Crippen LogP contribution in [0.15, 0.2) is 11.6 Å². The number of nitrogens with two attached hydrogens (primary N) is 1. The Morgan fingerprint density at radius 2 is 2.67 bits per heavy atom. The summed E-state index contributed by atoms with van der Waals surface area (Å²) in [6.45, 7) is 0.0213. The SMILES string of the molecule is NCC(F)c1nccs1. The molecule has 9 heavy (non-hydrogen) atoms. The van der Waals surface area contributed by atoms with Crippen LogP contribution < -0.4 is 5.73 Å². The van der Waals surface area contributed by atoms with Crippen molar-refractivity contribution < 1.29 is 4.39 Å². The zero-order valence-electron chi connectivity index (χ0n) is 4.75. The molecular weight excluding hydrogens is 139 g/mol. The van der Waals surface area contributed by atoms with Crippen LogP contribution in [0.2, 0.25) is 0 Å². The molecule has 50 valence electrons. The molecule has 0 aliphatic heterocycles. The molecule has 0 aliphatic rings. The second-order valence-corrected chi connectivity index (χ2v) is 2.50. The fourth-order valence-corrected chi connectivity index (χ4v) is 1.12. The van der Waals surface area contributed by atoms with E-state index in [1.165, 1.54) is 11.3 Å². The Morgan fingerprint density at radius 3 is 3.11 bits per heavy atom. The van der Waals surface area contributed by atoms with Crippen LogP contribution in [0.25, 0.3) is 0 Å². The molecule has 0 saturated carbocycles. The molecule has 2 N–H and O–H groups in total. The molecule has 0 aliphatic carbocycles. The van der Waals surface area contributed by atoms with Crippen molar-refractivity contribution >= 4 is 11.3 Å². The Hall–Kier alpha value is -0.480. The van der Waals surface area contributed by atoms with Gasteiger partial charge in [0.05, 0.1) is 0 Å². The summed E-state index contributed by atoms with van der Waals surface area (Å²) < 4.78 is 12.5. The lowest BCUT2D eigenvalue weighted by atomic mass is 10.4. The average Bonchev–Trinajstić information content (AvgIpc) is 2.37. The van der Waals surface area contributed by atoms with Gasteiger partial charge in [-0.15, -0.1) is 11.3 Å². The van der Waals surface area contributed by atoms with E-state index in [1.54, 1.807) is 11.6 Å². The van der Waals surface area contributed by atoms with Crippen molar-refractivity contribution in [3.63, 3.8) is 0 Å². The van der Waals surface area contributed by atoms with Gasteiger partial charge in [-0.05, 0) is 0 Å². The van der Waals surface area contributed by atoms with Gasteiger partial charge < -0.3 is 5.73 Å². The average molecular weight is 146 g/mol. The number of alkyl halides is 1. The summed E-state index contributed by atoms with van der Waals surface area (Å²) in [6.07, 6.45) is 0.493. The van der Waals surface area contributed by atoms with E-state index in [4.69, 9.17) is 5.73 Å². The minimum Gasteiger partial charge on any atom is -0.327 e. The lowest BCUT2D eigenvalue weighted by Crippen LogP contribution is -2.06. The number of rotatable bonds is 2. The van der Waals surface area contributed by atoms with Crippen molar-refractivity contribution in [1.29, 1.82) is 0 Å². The van der Waals surface area contributed by atoms with Gasteiger partial charge in [-0.3, -0.25) is 0 Å². The van der Waals surface area contributed by atoms with Crippen molar-refractivity contribution in [3.05, 3.63) is 16.6 Å². The number of thiazole rings is 1. The molecule has 1 rings (SSSR count). The molecular formula is C5H7FN2S. The van der Waals surface area contributed by atoms with Crippen LogP contribution in [0.1, 0.15) is 11.2 Å². The Bertz CT molecular complexity index is 163. The zero-order valence-corrected chi connectivity index (χ0v) is 5.57. The molecule has 1 aromatic rings. The van der Waals surface area contributed by atoms with Gasteiger partial charge in [0.25, 0.3) is 0 Å². The smallest absolute Gasteiger partial charge is 0.164 e. The lowest BCUT2D eigenvalue weighted by molar-refractivity contribution is 0.352. The molecule has 1 heterocycles. The first-order valence-corrected chi connectivity index (χ1v) is 3.46. The zero-order chi connectivity index (χ0) is 6.69. The molecule has 0 aromatic carbocycles. The Labute approximate surface area is 56.5 Å². The number of hydrogen-bond donors (Lipinski definition) is 1. The first kappa shape index (κ1) is 6.64. The van der Waals surface area contributed by atoms with Crippen LogP contribution in [-0.2, 0) is 0 Å². The second kappa shape index (κ2) is 2.89. The fraction of sp³-hybridized carbons (Fsp3) is 0.400. The van der Waals surface area contributed by atoms with Crippen LogP contribution in [0, 0.1) is 0 Å². The van der Waals surface area contributed by atoms with E-state index in [0.29, 0.717) is 5.01 Å². The highest BCUT2D eigenvalue weighted by Gasteiger charge is 2.08. The maximum atomic E-state index is 12.5. The minimum atomic E-state index is -1.08. The number of nitrogens with zero attached hydrogens (tertiary/aromatic N) is 1. The largest absolute Gasteiger partial charge is 0.327 e. The van der Waals surface area contributed by atoms with E-state index >= 15 is 0 Å². The first-order chi connectivity index (χ1) is 4.34. The molecule has 1 unspecified atom stereocenters. The summed E-state index contributed by atoms with van der Waals surface area (Å²) in [5.74, 6) is 0. The molecule has 1 aromatic heterocycles. The van der Waals surface area contributed by atoms with E-state index in [9.17, 15) is 4.39 Å².